The minimum Gasteiger partial charge on any atom is -0.380 e. The molecule has 1 N–H and O–H groups in total. The van der Waals surface area contributed by atoms with Crippen LogP contribution in [-0.2, 0) is 4.74 Å². The van der Waals surface area contributed by atoms with Crippen LogP contribution in [0, 0.1) is 0 Å². The van der Waals surface area contributed by atoms with Gasteiger partial charge in [-0.2, -0.15) is 13.2 Å². The topological polar surface area (TPSA) is 21.3 Å². The lowest BCUT2D eigenvalue weighted by Gasteiger charge is -2.11. The van der Waals surface area contributed by atoms with E-state index < -0.39 is 12.6 Å². The fourth-order valence-electron chi connectivity index (χ4n) is 1.50. The summed E-state index contributed by atoms with van der Waals surface area (Å²) in [6, 6.07) is 0.348. The number of ether oxygens (including phenoxy) is 1. The van der Waals surface area contributed by atoms with E-state index >= 15 is 0 Å². The SMILES string of the molecule is FC(F)(F)CCCOC[C@H]1CCCN1. The molecule has 0 saturated carbocycles. The molecular formula is C9H16F3NO. The first kappa shape index (κ1) is 11.8. The Morgan fingerprint density at radius 1 is 1.36 bits per heavy atom. The molecule has 1 saturated heterocycles. The Bertz CT molecular complexity index is 155. The average Bonchev–Trinajstić information content (AvgIpc) is 2.54. The van der Waals surface area contributed by atoms with Crippen molar-refractivity contribution in [2.45, 2.75) is 37.9 Å². The number of nitrogens with one attached hydrogen (secondary N) is 1. The van der Waals surface area contributed by atoms with Crippen LogP contribution >= 0.6 is 0 Å². The molecule has 1 aliphatic rings. The number of hydrogen-bond acceptors (Lipinski definition) is 2. The maximum Gasteiger partial charge on any atom is 0.389 e. The molecular weight excluding hydrogens is 195 g/mol. The summed E-state index contributed by atoms with van der Waals surface area (Å²) in [5.74, 6) is 0. The van der Waals surface area contributed by atoms with Crippen molar-refractivity contribution in [3.8, 4) is 0 Å². The van der Waals surface area contributed by atoms with E-state index in [1.54, 1.807) is 0 Å². The fourth-order valence-corrected chi connectivity index (χ4v) is 1.50. The summed E-state index contributed by atoms with van der Waals surface area (Å²) in [7, 11) is 0. The first-order valence-corrected chi connectivity index (χ1v) is 4.96. The van der Waals surface area contributed by atoms with Crippen molar-refractivity contribution in [1.82, 2.24) is 5.32 Å². The van der Waals surface area contributed by atoms with Gasteiger partial charge in [-0.25, -0.2) is 0 Å². The van der Waals surface area contributed by atoms with Crippen LogP contribution in [-0.4, -0.2) is 32.0 Å². The molecule has 14 heavy (non-hydrogen) atoms. The van der Waals surface area contributed by atoms with E-state index in [4.69, 9.17) is 4.74 Å². The van der Waals surface area contributed by atoms with E-state index in [2.05, 4.69) is 5.32 Å². The van der Waals surface area contributed by atoms with Gasteiger partial charge in [0.1, 0.15) is 0 Å². The van der Waals surface area contributed by atoms with Crippen molar-refractivity contribution in [3.05, 3.63) is 0 Å². The molecule has 0 spiro atoms. The van der Waals surface area contributed by atoms with E-state index in [1.807, 2.05) is 0 Å². The zero-order valence-corrected chi connectivity index (χ0v) is 8.07. The van der Waals surface area contributed by atoms with E-state index in [-0.39, 0.29) is 13.0 Å². The Morgan fingerprint density at radius 2 is 2.14 bits per heavy atom. The molecule has 0 unspecified atom stereocenters. The standard InChI is InChI=1S/C9H16F3NO/c10-9(11,12)4-2-6-14-7-8-3-1-5-13-8/h8,13H,1-7H2/t8-/m1/s1. The second-order valence-electron chi connectivity index (χ2n) is 3.59. The Morgan fingerprint density at radius 3 is 2.71 bits per heavy atom. The van der Waals surface area contributed by atoms with Gasteiger partial charge in [0.05, 0.1) is 6.61 Å². The van der Waals surface area contributed by atoms with Crippen molar-refractivity contribution < 1.29 is 17.9 Å². The highest BCUT2D eigenvalue weighted by Crippen LogP contribution is 2.21. The monoisotopic (exact) mass is 211 g/mol. The number of halogens is 3. The third kappa shape index (κ3) is 5.44. The van der Waals surface area contributed by atoms with E-state index in [1.165, 1.54) is 0 Å². The lowest BCUT2D eigenvalue weighted by molar-refractivity contribution is -0.138. The largest absolute Gasteiger partial charge is 0.389 e. The Balaban J connectivity index is 1.89. The van der Waals surface area contributed by atoms with E-state index in [0.717, 1.165) is 19.4 Å². The molecule has 5 heteroatoms. The van der Waals surface area contributed by atoms with Gasteiger partial charge in [0, 0.05) is 19.1 Å². The zero-order chi connectivity index (χ0) is 10.4. The average molecular weight is 211 g/mol. The highest BCUT2D eigenvalue weighted by Gasteiger charge is 2.26. The number of alkyl halides is 3. The van der Waals surface area contributed by atoms with Crippen molar-refractivity contribution in [3.63, 3.8) is 0 Å². The van der Waals surface area contributed by atoms with Gasteiger partial charge >= 0.3 is 6.18 Å². The van der Waals surface area contributed by atoms with Crippen molar-refractivity contribution >= 4 is 0 Å². The molecule has 2 nitrogen and oxygen atoms in total. The third-order valence-electron chi connectivity index (χ3n) is 2.23. The van der Waals surface area contributed by atoms with Gasteiger partial charge in [-0.05, 0) is 25.8 Å². The first-order chi connectivity index (χ1) is 6.58. The van der Waals surface area contributed by atoms with Crippen molar-refractivity contribution in [2.24, 2.45) is 0 Å². The van der Waals surface area contributed by atoms with Crippen LogP contribution in [0.1, 0.15) is 25.7 Å². The molecule has 1 fully saturated rings. The lowest BCUT2D eigenvalue weighted by Crippen LogP contribution is -2.27. The number of rotatable bonds is 5. The fraction of sp³-hybridized carbons (Fsp3) is 1.00. The van der Waals surface area contributed by atoms with Gasteiger partial charge in [-0.15, -0.1) is 0 Å². The second kappa shape index (κ2) is 5.56. The molecule has 0 aliphatic carbocycles. The van der Waals surface area contributed by atoms with E-state index in [0.29, 0.717) is 12.6 Å². The van der Waals surface area contributed by atoms with Crippen LogP contribution in [0.4, 0.5) is 13.2 Å². The van der Waals surface area contributed by atoms with Gasteiger partial charge in [0.25, 0.3) is 0 Å². The Hall–Kier alpha value is -0.290. The van der Waals surface area contributed by atoms with E-state index in [9.17, 15) is 13.2 Å². The highest BCUT2D eigenvalue weighted by molar-refractivity contribution is 4.73. The smallest absolute Gasteiger partial charge is 0.380 e. The quantitative estimate of drug-likeness (QED) is 0.703. The molecule has 0 bridgehead atoms. The summed E-state index contributed by atoms with van der Waals surface area (Å²) in [6.07, 6.45) is -2.52. The maximum atomic E-state index is 11.7. The molecule has 1 heterocycles. The summed E-state index contributed by atoms with van der Waals surface area (Å²) in [4.78, 5) is 0. The highest BCUT2D eigenvalue weighted by atomic mass is 19.4. The van der Waals surface area contributed by atoms with Gasteiger partial charge in [0.15, 0.2) is 0 Å². The molecule has 0 aromatic carbocycles. The van der Waals surface area contributed by atoms with Crippen LogP contribution in [0.25, 0.3) is 0 Å². The summed E-state index contributed by atoms with van der Waals surface area (Å²) in [5, 5.41) is 3.22. The van der Waals surface area contributed by atoms with Gasteiger partial charge in [0.2, 0.25) is 0 Å². The zero-order valence-electron chi connectivity index (χ0n) is 8.07. The maximum absolute atomic E-state index is 11.7. The molecule has 1 atom stereocenters. The van der Waals surface area contributed by atoms with Gasteiger partial charge in [-0.3, -0.25) is 0 Å². The van der Waals surface area contributed by atoms with Crippen LogP contribution < -0.4 is 5.32 Å². The van der Waals surface area contributed by atoms with Gasteiger partial charge < -0.3 is 10.1 Å². The van der Waals surface area contributed by atoms with Gasteiger partial charge in [-0.1, -0.05) is 0 Å². The van der Waals surface area contributed by atoms with Crippen LogP contribution in [0.5, 0.6) is 0 Å². The Kier molecular flexibility index (Phi) is 4.68. The normalized spacial score (nSPS) is 22.9. The van der Waals surface area contributed by atoms with Crippen LogP contribution in [0.3, 0.4) is 0 Å². The minimum absolute atomic E-state index is 0.0657. The van der Waals surface area contributed by atoms with Crippen molar-refractivity contribution in [2.75, 3.05) is 19.8 Å². The molecule has 1 rings (SSSR count). The summed E-state index contributed by atoms with van der Waals surface area (Å²) < 4.78 is 40.3. The summed E-state index contributed by atoms with van der Waals surface area (Å²) in [5.41, 5.74) is 0. The van der Waals surface area contributed by atoms with Crippen LogP contribution in [0.15, 0.2) is 0 Å². The number of hydrogen-bond donors (Lipinski definition) is 1. The molecule has 0 radical (unpaired) electrons. The molecule has 0 aromatic heterocycles. The van der Waals surface area contributed by atoms with Crippen molar-refractivity contribution in [1.29, 1.82) is 0 Å². The first-order valence-electron chi connectivity index (χ1n) is 4.96. The molecule has 0 aromatic rings. The summed E-state index contributed by atoms with van der Waals surface area (Å²) in [6.45, 7) is 1.74. The second-order valence-corrected chi connectivity index (χ2v) is 3.59. The summed E-state index contributed by atoms with van der Waals surface area (Å²) >= 11 is 0. The van der Waals surface area contributed by atoms with Crippen LogP contribution in [0.2, 0.25) is 0 Å². The lowest BCUT2D eigenvalue weighted by atomic mass is 10.2. The predicted octanol–water partition coefficient (Wildman–Crippen LogP) is 2.10. The molecule has 84 valence electrons. The minimum atomic E-state index is -4.05. The predicted molar refractivity (Wildman–Crippen MR) is 47.1 cm³/mol. The Labute approximate surface area is 81.8 Å². The third-order valence-corrected chi connectivity index (χ3v) is 2.23. The molecule has 1 aliphatic heterocycles. The molecule has 0 amide bonds.